The topological polar surface area (TPSA) is 77.1 Å². The van der Waals surface area contributed by atoms with Gasteiger partial charge in [0.2, 0.25) is 5.91 Å². The molecular weight excluding hydrogens is 444 g/mol. The number of benzene rings is 3. The zero-order valence-corrected chi connectivity index (χ0v) is 20.4. The lowest BCUT2D eigenvalue weighted by Crippen LogP contribution is -2.49. The summed E-state index contributed by atoms with van der Waals surface area (Å²) in [7, 11) is 3.23. The fourth-order valence-corrected chi connectivity index (χ4v) is 3.52. The van der Waals surface area contributed by atoms with Gasteiger partial charge in [-0.2, -0.15) is 0 Å². The molecule has 1 atom stereocenters. The Kier molecular flexibility index (Phi) is 9.54. The molecule has 0 aliphatic heterocycles. The summed E-state index contributed by atoms with van der Waals surface area (Å²) in [5, 5.41) is 2.95. The Labute approximate surface area is 206 Å². The molecule has 7 nitrogen and oxygen atoms in total. The first-order chi connectivity index (χ1) is 17.0. The van der Waals surface area contributed by atoms with Gasteiger partial charge in [0.25, 0.3) is 5.91 Å². The standard InChI is InChI=1S/C28H32N2O5/c1-21(28(32)29-18-17-22-9-13-24(33-2)14-10-22)30(19-23-11-15-25(34-3)16-12-23)27(31)20-35-26-7-5-4-6-8-26/h4-16,21H,17-20H2,1-3H3,(H,29,32)/t21-/m0/s1. The predicted octanol–water partition coefficient (Wildman–Crippen LogP) is 3.86. The Morgan fingerprint density at radius 3 is 1.94 bits per heavy atom. The Hall–Kier alpha value is -4.00. The van der Waals surface area contributed by atoms with Gasteiger partial charge in [0, 0.05) is 13.1 Å². The molecule has 0 aliphatic rings. The first kappa shape index (κ1) is 25.6. The third-order valence-corrected chi connectivity index (χ3v) is 5.66. The molecule has 2 amide bonds. The molecule has 3 rings (SSSR count). The molecule has 35 heavy (non-hydrogen) atoms. The van der Waals surface area contributed by atoms with Crippen LogP contribution in [0.15, 0.2) is 78.9 Å². The maximum absolute atomic E-state index is 13.1. The maximum Gasteiger partial charge on any atom is 0.261 e. The van der Waals surface area contributed by atoms with Crippen molar-refractivity contribution in [1.82, 2.24) is 10.2 Å². The Morgan fingerprint density at radius 2 is 1.37 bits per heavy atom. The van der Waals surface area contributed by atoms with Gasteiger partial charge in [0.15, 0.2) is 6.61 Å². The van der Waals surface area contributed by atoms with Crippen molar-refractivity contribution < 1.29 is 23.8 Å². The molecule has 0 saturated carbocycles. The minimum absolute atomic E-state index is 0.163. The minimum Gasteiger partial charge on any atom is -0.497 e. The summed E-state index contributed by atoms with van der Waals surface area (Å²) < 4.78 is 16.1. The second-order valence-corrected chi connectivity index (χ2v) is 8.04. The summed E-state index contributed by atoms with van der Waals surface area (Å²) in [5.41, 5.74) is 1.97. The van der Waals surface area contributed by atoms with Crippen LogP contribution in [0.5, 0.6) is 17.2 Å². The Bertz CT molecular complexity index is 1070. The van der Waals surface area contributed by atoms with Crippen LogP contribution in [-0.2, 0) is 22.6 Å². The molecule has 0 spiro atoms. The smallest absolute Gasteiger partial charge is 0.261 e. The molecule has 0 unspecified atom stereocenters. The molecule has 0 aliphatic carbocycles. The zero-order chi connectivity index (χ0) is 25.0. The highest BCUT2D eigenvalue weighted by atomic mass is 16.5. The Balaban J connectivity index is 1.63. The largest absolute Gasteiger partial charge is 0.497 e. The molecule has 0 saturated heterocycles. The summed E-state index contributed by atoms with van der Waals surface area (Å²) in [4.78, 5) is 27.6. The summed E-state index contributed by atoms with van der Waals surface area (Å²) in [6, 6.07) is 23.6. The van der Waals surface area contributed by atoms with E-state index in [1.165, 1.54) is 4.90 Å². The lowest BCUT2D eigenvalue weighted by atomic mass is 10.1. The van der Waals surface area contributed by atoms with Gasteiger partial charge in [0.1, 0.15) is 23.3 Å². The van der Waals surface area contributed by atoms with E-state index >= 15 is 0 Å². The van der Waals surface area contributed by atoms with Crippen LogP contribution in [0.1, 0.15) is 18.1 Å². The average Bonchev–Trinajstić information content (AvgIpc) is 2.91. The molecule has 0 heterocycles. The number of rotatable bonds is 12. The lowest BCUT2D eigenvalue weighted by Gasteiger charge is -2.29. The molecule has 0 fully saturated rings. The number of nitrogens with zero attached hydrogens (tertiary/aromatic N) is 1. The minimum atomic E-state index is -0.681. The number of ether oxygens (including phenoxy) is 3. The highest BCUT2D eigenvalue weighted by molar-refractivity contribution is 5.88. The second kappa shape index (κ2) is 13.0. The number of nitrogens with one attached hydrogen (secondary N) is 1. The predicted molar refractivity (Wildman–Crippen MR) is 135 cm³/mol. The summed E-state index contributed by atoms with van der Waals surface area (Å²) in [5.74, 6) is 1.62. The monoisotopic (exact) mass is 476 g/mol. The summed E-state index contributed by atoms with van der Waals surface area (Å²) >= 11 is 0. The molecular formula is C28H32N2O5. The number of para-hydroxylation sites is 1. The SMILES string of the molecule is COc1ccc(CCNC(=O)[C@H](C)N(Cc2ccc(OC)cc2)C(=O)COc2ccccc2)cc1. The molecule has 1 N–H and O–H groups in total. The van der Waals surface area contributed by atoms with Crippen molar-refractivity contribution in [3.63, 3.8) is 0 Å². The second-order valence-electron chi connectivity index (χ2n) is 8.04. The van der Waals surface area contributed by atoms with Crippen LogP contribution in [0.25, 0.3) is 0 Å². The van der Waals surface area contributed by atoms with Gasteiger partial charge in [0.05, 0.1) is 14.2 Å². The van der Waals surface area contributed by atoms with Gasteiger partial charge >= 0.3 is 0 Å². The maximum atomic E-state index is 13.1. The molecule has 3 aromatic carbocycles. The van der Waals surface area contributed by atoms with Crippen LogP contribution in [0, 0.1) is 0 Å². The van der Waals surface area contributed by atoms with Crippen molar-refractivity contribution >= 4 is 11.8 Å². The van der Waals surface area contributed by atoms with Crippen LogP contribution in [0.2, 0.25) is 0 Å². The van der Waals surface area contributed by atoms with Crippen molar-refractivity contribution in [3.8, 4) is 17.2 Å². The molecule has 0 aromatic heterocycles. The van der Waals surface area contributed by atoms with Crippen LogP contribution in [-0.4, -0.2) is 50.1 Å². The van der Waals surface area contributed by atoms with E-state index in [0.29, 0.717) is 18.7 Å². The highest BCUT2D eigenvalue weighted by Crippen LogP contribution is 2.16. The van der Waals surface area contributed by atoms with Gasteiger partial charge in [-0.1, -0.05) is 42.5 Å². The first-order valence-electron chi connectivity index (χ1n) is 11.5. The normalized spacial score (nSPS) is 11.3. The number of carbonyl (C=O) groups is 2. The van der Waals surface area contributed by atoms with Gasteiger partial charge < -0.3 is 24.4 Å². The average molecular weight is 477 g/mol. The van der Waals surface area contributed by atoms with Gasteiger partial charge in [-0.25, -0.2) is 0 Å². The van der Waals surface area contributed by atoms with Crippen molar-refractivity contribution in [2.75, 3.05) is 27.4 Å². The van der Waals surface area contributed by atoms with Crippen molar-refractivity contribution in [1.29, 1.82) is 0 Å². The van der Waals surface area contributed by atoms with Crippen LogP contribution < -0.4 is 19.5 Å². The number of hydrogen-bond donors (Lipinski definition) is 1. The lowest BCUT2D eigenvalue weighted by molar-refractivity contribution is -0.142. The van der Waals surface area contributed by atoms with Crippen LogP contribution in [0.4, 0.5) is 0 Å². The van der Waals surface area contributed by atoms with E-state index in [1.807, 2.05) is 66.7 Å². The van der Waals surface area contributed by atoms with E-state index in [1.54, 1.807) is 33.3 Å². The third kappa shape index (κ3) is 7.78. The number of methoxy groups -OCH3 is 2. The number of hydrogen-bond acceptors (Lipinski definition) is 5. The fourth-order valence-electron chi connectivity index (χ4n) is 3.52. The number of amides is 2. The van der Waals surface area contributed by atoms with Gasteiger partial charge in [-0.05, 0) is 60.9 Å². The fraction of sp³-hybridized carbons (Fsp3) is 0.286. The van der Waals surface area contributed by atoms with E-state index < -0.39 is 6.04 Å². The summed E-state index contributed by atoms with van der Waals surface area (Å²) in [6.07, 6.45) is 0.673. The third-order valence-electron chi connectivity index (χ3n) is 5.66. The van der Waals surface area contributed by atoms with Crippen molar-refractivity contribution in [3.05, 3.63) is 90.0 Å². The zero-order valence-electron chi connectivity index (χ0n) is 20.4. The van der Waals surface area contributed by atoms with E-state index in [9.17, 15) is 9.59 Å². The van der Waals surface area contributed by atoms with Gasteiger partial charge in [-0.15, -0.1) is 0 Å². The first-order valence-corrected chi connectivity index (χ1v) is 11.5. The van der Waals surface area contributed by atoms with E-state index in [-0.39, 0.29) is 25.0 Å². The van der Waals surface area contributed by atoms with Crippen molar-refractivity contribution in [2.45, 2.75) is 25.9 Å². The van der Waals surface area contributed by atoms with E-state index in [0.717, 1.165) is 22.6 Å². The van der Waals surface area contributed by atoms with E-state index in [4.69, 9.17) is 14.2 Å². The number of carbonyl (C=O) groups excluding carboxylic acids is 2. The molecule has 0 radical (unpaired) electrons. The molecule has 3 aromatic rings. The molecule has 0 bridgehead atoms. The van der Waals surface area contributed by atoms with Crippen LogP contribution in [0.3, 0.4) is 0 Å². The van der Waals surface area contributed by atoms with E-state index in [2.05, 4.69) is 5.32 Å². The van der Waals surface area contributed by atoms with Crippen molar-refractivity contribution in [2.24, 2.45) is 0 Å². The van der Waals surface area contributed by atoms with Gasteiger partial charge in [-0.3, -0.25) is 9.59 Å². The molecule has 184 valence electrons. The highest BCUT2D eigenvalue weighted by Gasteiger charge is 2.26. The van der Waals surface area contributed by atoms with Crippen LogP contribution >= 0.6 is 0 Å². The Morgan fingerprint density at radius 1 is 0.800 bits per heavy atom. The molecule has 7 heteroatoms. The quantitative estimate of drug-likeness (QED) is 0.430. The summed E-state index contributed by atoms with van der Waals surface area (Å²) in [6.45, 7) is 2.30.